The zero-order valence-corrected chi connectivity index (χ0v) is 16.1. The number of nitrogens with zero attached hydrogens (tertiary/aromatic N) is 2. The quantitative estimate of drug-likeness (QED) is 0.878. The minimum Gasteiger partial charge on any atom is -0.496 e. The van der Waals surface area contributed by atoms with Crippen molar-refractivity contribution in [2.45, 2.75) is 38.1 Å². The lowest BCUT2D eigenvalue weighted by molar-refractivity contribution is 0.198. The van der Waals surface area contributed by atoms with Gasteiger partial charge < -0.3 is 15.0 Å². The molecule has 0 unspecified atom stereocenters. The van der Waals surface area contributed by atoms with Crippen molar-refractivity contribution in [1.82, 2.24) is 14.5 Å². The number of carbonyl (C=O) groups excluding carboxylic acids is 1. The summed E-state index contributed by atoms with van der Waals surface area (Å²) >= 11 is 0. The van der Waals surface area contributed by atoms with E-state index < -0.39 is 10.0 Å². The van der Waals surface area contributed by atoms with Crippen LogP contribution in [-0.2, 0) is 10.0 Å². The number of sulfonamides is 1. The number of aryl methyl sites for hydroxylation is 1. The van der Waals surface area contributed by atoms with Crippen molar-refractivity contribution in [2.24, 2.45) is 0 Å². The molecule has 0 spiro atoms. The molecule has 0 aromatic heterocycles. The van der Waals surface area contributed by atoms with Crippen molar-refractivity contribution in [1.29, 1.82) is 0 Å². The third-order valence-corrected chi connectivity index (χ3v) is 6.05. The summed E-state index contributed by atoms with van der Waals surface area (Å²) in [4.78, 5) is 14.1. The van der Waals surface area contributed by atoms with Gasteiger partial charge in [-0.1, -0.05) is 0 Å². The van der Waals surface area contributed by atoms with Gasteiger partial charge in [0.25, 0.3) is 0 Å². The smallest absolute Gasteiger partial charge is 0.317 e. The van der Waals surface area contributed by atoms with E-state index in [1.807, 2.05) is 20.8 Å². The Hall–Kier alpha value is -1.80. The van der Waals surface area contributed by atoms with Gasteiger partial charge in [-0.3, -0.25) is 0 Å². The summed E-state index contributed by atoms with van der Waals surface area (Å²) in [6, 6.07) is 4.77. The molecule has 7 nitrogen and oxygen atoms in total. The van der Waals surface area contributed by atoms with Crippen LogP contribution in [0.2, 0.25) is 0 Å². The zero-order valence-electron chi connectivity index (χ0n) is 15.3. The van der Waals surface area contributed by atoms with Gasteiger partial charge in [0.1, 0.15) is 5.75 Å². The topological polar surface area (TPSA) is 79.0 Å². The van der Waals surface area contributed by atoms with Gasteiger partial charge in [-0.25, -0.2) is 13.2 Å². The average Bonchev–Trinajstić information content (AvgIpc) is 2.80. The second-order valence-corrected chi connectivity index (χ2v) is 8.42. The molecule has 8 heteroatoms. The molecule has 0 bridgehead atoms. The maximum absolute atomic E-state index is 12.9. The summed E-state index contributed by atoms with van der Waals surface area (Å²) in [5, 5.41) is 2.85. The molecule has 0 aliphatic carbocycles. The first-order chi connectivity index (χ1) is 11.8. The summed E-state index contributed by atoms with van der Waals surface area (Å²) in [7, 11) is -2.03. The molecule has 0 radical (unpaired) electrons. The second kappa shape index (κ2) is 8.05. The molecule has 0 saturated carbocycles. The molecule has 1 saturated heterocycles. The van der Waals surface area contributed by atoms with E-state index in [0.717, 1.165) is 5.56 Å². The van der Waals surface area contributed by atoms with E-state index in [2.05, 4.69) is 5.32 Å². The highest BCUT2D eigenvalue weighted by atomic mass is 32.2. The molecule has 1 aliphatic heterocycles. The van der Waals surface area contributed by atoms with Crippen LogP contribution in [0.3, 0.4) is 0 Å². The van der Waals surface area contributed by atoms with Crippen LogP contribution in [-0.4, -0.2) is 63.0 Å². The van der Waals surface area contributed by atoms with Gasteiger partial charge in [0.05, 0.1) is 12.0 Å². The number of urea groups is 1. The summed E-state index contributed by atoms with van der Waals surface area (Å²) in [5.41, 5.74) is 0.774. The predicted molar refractivity (Wildman–Crippen MR) is 96.3 cm³/mol. The monoisotopic (exact) mass is 369 g/mol. The molecule has 1 fully saturated rings. The van der Waals surface area contributed by atoms with E-state index >= 15 is 0 Å². The molecule has 1 heterocycles. The Labute approximate surface area is 150 Å². The van der Waals surface area contributed by atoms with E-state index in [0.29, 0.717) is 38.3 Å². The first-order valence-corrected chi connectivity index (χ1v) is 9.90. The van der Waals surface area contributed by atoms with Gasteiger partial charge >= 0.3 is 6.03 Å². The minimum atomic E-state index is -3.59. The Morgan fingerprint density at radius 1 is 1.20 bits per heavy atom. The highest BCUT2D eigenvalue weighted by molar-refractivity contribution is 7.89. The highest BCUT2D eigenvalue weighted by Crippen LogP contribution is 2.24. The molecule has 2 amide bonds. The first-order valence-electron chi connectivity index (χ1n) is 8.46. The van der Waals surface area contributed by atoms with Gasteiger partial charge in [0, 0.05) is 32.2 Å². The lowest BCUT2D eigenvalue weighted by Gasteiger charge is -2.23. The predicted octanol–water partition coefficient (Wildman–Crippen LogP) is 1.82. The second-order valence-electron chi connectivity index (χ2n) is 6.48. The first kappa shape index (κ1) is 19.5. The molecular formula is C17H27N3O4S. The minimum absolute atomic E-state index is 0.0536. The van der Waals surface area contributed by atoms with Crippen LogP contribution in [0.15, 0.2) is 23.1 Å². The summed E-state index contributed by atoms with van der Waals surface area (Å²) in [5.74, 6) is 0.659. The van der Waals surface area contributed by atoms with Gasteiger partial charge in [0.15, 0.2) is 0 Å². The number of methoxy groups -OCH3 is 1. The number of benzene rings is 1. The molecule has 1 aromatic rings. The lowest BCUT2D eigenvalue weighted by atomic mass is 10.2. The summed E-state index contributed by atoms with van der Waals surface area (Å²) in [6.45, 7) is 7.24. The van der Waals surface area contributed by atoms with Gasteiger partial charge in [-0.2, -0.15) is 4.31 Å². The SMILES string of the molecule is COc1ccc(S(=O)(=O)N2CCCN(C(=O)NC(C)C)CC2)cc1C. The largest absolute Gasteiger partial charge is 0.496 e. The van der Waals surface area contributed by atoms with E-state index in [-0.39, 0.29) is 17.0 Å². The number of hydrogen-bond donors (Lipinski definition) is 1. The normalized spacial score (nSPS) is 16.6. The number of hydrogen-bond acceptors (Lipinski definition) is 4. The Kier molecular flexibility index (Phi) is 6.29. The van der Waals surface area contributed by atoms with Gasteiger partial charge in [-0.15, -0.1) is 0 Å². The number of carbonyl (C=O) groups is 1. The molecule has 1 aliphatic rings. The Bertz CT molecular complexity index is 719. The van der Waals surface area contributed by atoms with E-state index in [1.165, 1.54) is 4.31 Å². The number of amides is 2. The molecule has 1 N–H and O–H groups in total. The van der Waals surface area contributed by atoms with Crippen molar-refractivity contribution >= 4 is 16.1 Å². The van der Waals surface area contributed by atoms with Crippen LogP contribution >= 0.6 is 0 Å². The fourth-order valence-corrected chi connectivity index (χ4v) is 4.39. The number of rotatable bonds is 4. The van der Waals surface area contributed by atoms with Crippen LogP contribution in [0, 0.1) is 6.92 Å². The van der Waals surface area contributed by atoms with Crippen molar-refractivity contribution in [3.8, 4) is 5.75 Å². The van der Waals surface area contributed by atoms with Crippen molar-refractivity contribution < 1.29 is 17.9 Å². The molecule has 2 rings (SSSR count). The fraction of sp³-hybridized carbons (Fsp3) is 0.588. The van der Waals surface area contributed by atoms with E-state index in [1.54, 1.807) is 30.2 Å². The summed E-state index contributed by atoms with van der Waals surface area (Å²) < 4.78 is 32.5. The Morgan fingerprint density at radius 3 is 2.52 bits per heavy atom. The van der Waals surface area contributed by atoms with Gasteiger partial charge in [-0.05, 0) is 51.0 Å². The molecule has 25 heavy (non-hydrogen) atoms. The van der Waals surface area contributed by atoms with Crippen LogP contribution in [0.25, 0.3) is 0 Å². The molecule has 0 atom stereocenters. The Balaban J connectivity index is 2.13. The van der Waals surface area contributed by atoms with Gasteiger partial charge in [0.2, 0.25) is 10.0 Å². The van der Waals surface area contributed by atoms with Crippen LogP contribution < -0.4 is 10.1 Å². The molecular weight excluding hydrogens is 342 g/mol. The van der Waals surface area contributed by atoms with Crippen molar-refractivity contribution in [2.75, 3.05) is 33.3 Å². The number of nitrogens with one attached hydrogen (secondary N) is 1. The maximum Gasteiger partial charge on any atom is 0.317 e. The fourth-order valence-electron chi connectivity index (χ4n) is 2.84. The Morgan fingerprint density at radius 2 is 1.92 bits per heavy atom. The third kappa shape index (κ3) is 4.64. The number of ether oxygens (including phenoxy) is 1. The summed E-state index contributed by atoms with van der Waals surface area (Å²) in [6.07, 6.45) is 0.611. The van der Waals surface area contributed by atoms with E-state index in [4.69, 9.17) is 4.74 Å². The van der Waals surface area contributed by atoms with Crippen molar-refractivity contribution in [3.05, 3.63) is 23.8 Å². The molecule has 140 valence electrons. The third-order valence-electron chi connectivity index (χ3n) is 4.16. The standard InChI is InChI=1S/C17H27N3O4S/c1-13(2)18-17(21)19-8-5-9-20(11-10-19)25(22,23)15-6-7-16(24-4)14(3)12-15/h6-7,12-13H,5,8-11H2,1-4H3,(H,18,21). The van der Waals surface area contributed by atoms with Crippen molar-refractivity contribution in [3.63, 3.8) is 0 Å². The lowest BCUT2D eigenvalue weighted by Crippen LogP contribution is -2.44. The highest BCUT2D eigenvalue weighted by Gasteiger charge is 2.28. The average molecular weight is 369 g/mol. The zero-order chi connectivity index (χ0) is 18.6. The maximum atomic E-state index is 12.9. The molecule has 1 aromatic carbocycles. The van der Waals surface area contributed by atoms with Crippen LogP contribution in [0.5, 0.6) is 5.75 Å². The van der Waals surface area contributed by atoms with E-state index in [9.17, 15) is 13.2 Å². The van der Waals surface area contributed by atoms with Crippen LogP contribution in [0.1, 0.15) is 25.8 Å². The van der Waals surface area contributed by atoms with Crippen LogP contribution in [0.4, 0.5) is 4.79 Å².